The number of hydrogen-bond acceptors (Lipinski definition) is 4. The van der Waals surface area contributed by atoms with E-state index < -0.39 is 0 Å². The van der Waals surface area contributed by atoms with E-state index in [2.05, 4.69) is 52.5 Å². The van der Waals surface area contributed by atoms with Crippen LogP contribution in [0.25, 0.3) is 10.9 Å². The van der Waals surface area contributed by atoms with E-state index in [1.54, 1.807) is 0 Å². The zero-order valence-corrected chi connectivity index (χ0v) is 14.8. The molecule has 0 saturated carbocycles. The molecule has 0 unspecified atom stereocenters. The molecule has 0 saturated heterocycles. The van der Waals surface area contributed by atoms with Crippen LogP contribution in [-0.4, -0.2) is 27.1 Å². The van der Waals surface area contributed by atoms with Crippen LogP contribution in [0.5, 0.6) is 0 Å². The molecule has 2 aromatic heterocycles. The van der Waals surface area contributed by atoms with Gasteiger partial charge in [0.05, 0.1) is 16.9 Å². The number of aryl methyl sites for hydroxylation is 2. The van der Waals surface area contributed by atoms with Crippen LogP contribution < -0.4 is 5.32 Å². The number of fused-ring (bicyclic) bond motifs is 2. The van der Waals surface area contributed by atoms with Gasteiger partial charge < -0.3 is 5.32 Å². The minimum absolute atomic E-state index is 0.882. The van der Waals surface area contributed by atoms with E-state index in [-0.39, 0.29) is 0 Å². The molecular formula is C19H22N4S. The summed E-state index contributed by atoms with van der Waals surface area (Å²) in [6, 6.07) is 12.6. The highest BCUT2D eigenvalue weighted by atomic mass is 32.2. The summed E-state index contributed by atoms with van der Waals surface area (Å²) >= 11 is 2.01. The Hall–Kier alpha value is -1.85. The van der Waals surface area contributed by atoms with Gasteiger partial charge >= 0.3 is 0 Å². The van der Waals surface area contributed by atoms with Crippen molar-refractivity contribution in [2.45, 2.75) is 25.1 Å². The number of pyridine rings is 1. The van der Waals surface area contributed by atoms with Crippen molar-refractivity contribution in [2.24, 2.45) is 7.05 Å². The summed E-state index contributed by atoms with van der Waals surface area (Å²) in [5, 5.41) is 9.44. The summed E-state index contributed by atoms with van der Waals surface area (Å²) in [5.41, 5.74) is 6.30. The molecule has 1 N–H and O–H groups in total. The third kappa shape index (κ3) is 3.19. The van der Waals surface area contributed by atoms with E-state index >= 15 is 0 Å². The molecule has 24 heavy (non-hydrogen) atoms. The van der Waals surface area contributed by atoms with Crippen molar-refractivity contribution in [3.63, 3.8) is 0 Å². The number of nitrogens with zero attached hydrogens (tertiary/aromatic N) is 3. The minimum Gasteiger partial charge on any atom is -0.311 e. The maximum absolute atomic E-state index is 4.74. The molecule has 3 heterocycles. The summed E-state index contributed by atoms with van der Waals surface area (Å²) < 4.78 is 2.05. The lowest BCUT2D eigenvalue weighted by Crippen LogP contribution is -2.20. The minimum atomic E-state index is 0.882. The van der Waals surface area contributed by atoms with Crippen molar-refractivity contribution < 1.29 is 0 Å². The third-order valence-corrected chi connectivity index (χ3v) is 5.58. The number of benzene rings is 1. The predicted octanol–water partition coefficient (Wildman–Crippen LogP) is 3.09. The first kappa shape index (κ1) is 15.7. The highest BCUT2D eigenvalue weighted by Gasteiger charge is 2.18. The fraction of sp³-hybridized carbons (Fsp3) is 0.368. The number of aromatic nitrogens is 3. The molecule has 3 aromatic rings. The first-order valence-corrected chi connectivity index (χ1v) is 9.63. The van der Waals surface area contributed by atoms with Crippen molar-refractivity contribution in [1.82, 2.24) is 20.1 Å². The van der Waals surface area contributed by atoms with E-state index in [9.17, 15) is 0 Å². The first-order valence-electron chi connectivity index (χ1n) is 8.48. The van der Waals surface area contributed by atoms with Crippen molar-refractivity contribution in [1.29, 1.82) is 0 Å². The van der Waals surface area contributed by atoms with Gasteiger partial charge in [0.2, 0.25) is 0 Å². The molecule has 1 aromatic carbocycles. The normalized spacial score (nSPS) is 14.0. The molecule has 5 heteroatoms. The van der Waals surface area contributed by atoms with Crippen LogP contribution in [0.15, 0.2) is 36.4 Å². The van der Waals surface area contributed by atoms with E-state index in [1.807, 2.05) is 17.8 Å². The number of rotatable bonds is 5. The number of nitrogens with one attached hydrogen (secondary N) is 1. The maximum atomic E-state index is 4.74. The van der Waals surface area contributed by atoms with Crippen LogP contribution in [0, 0.1) is 0 Å². The van der Waals surface area contributed by atoms with E-state index in [4.69, 9.17) is 4.98 Å². The second-order valence-electron chi connectivity index (χ2n) is 6.22. The van der Waals surface area contributed by atoms with E-state index in [0.717, 1.165) is 42.9 Å². The van der Waals surface area contributed by atoms with Crippen molar-refractivity contribution in [2.75, 3.05) is 12.3 Å². The Balaban J connectivity index is 1.36. The van der Waals surface area contributed by atoms with Crippen LogP contribution >= 0.6 is 11.8 Å². The van der Waals surface area contributed by atoms with Crippen LogP contribution in [-0.2, 0) is 32.2 Å². The maximum Gasteiger partial charge on any atom is 0.0705 e. The number of hydrogen-bond donors (Lipinski definition) is 1. The Labute approximate surface area is 146 Å². The van der Waals surface area contributed by atoms with Gasteiger partial charge in [-0.1, -0.05) is 24.3 Å². The summed E-state index contributed by atoms with van der Waals surface area (Å²) in [4.78, 5) is 4.74. The summed E-state index contributed by atoms with van der Waals surface area (Å²) in [6.07, 6.45) is 2.05. The molecule has 1 aliphatic heterocycles. The summed E-state index contributed by atoms with van der Waals surface area (Å²) in [7, 11) is 2.06. The number of thioether (sulfide) groups is 1. The highest BCUT2D eigenvalue weighted by Crippen LogP contribution is 2.26. The van der Waals surface area contributed by atoms with Crippen LogP contribution in [0.3, 0.4) is 0 Å². The SMILES string of the molecule is Cn1nc2c(c1CNCCc1ccc3ccccc3n1)CSCC2. The molecule has 0 spiro atoms. The average molecular weight is 338 g/mol. The lowest BCUT2D eigenvalue weighted by Gasteiger charge is -2.12. The molecule has 124 valence electrons. The standard InChI is InChI=1S/C19H22N4S/c1-23-19(16-13-24-11-9-18(16)22-23)12-20-10-8-15-7-6-14-4-2-3-5-17(14)21-15/h2-7,20H,8-13H2,1H3. The van der Waals surface area contributed by atoms with Gasteiger partial charge in [0.15, 0.2) is 0 Å². The molecule has 0 radical (unpaired) electrons. The Morgan fingerprint density at radius 1 is 1.21 bits per heavy atom. The molecule has 0 fully saturated rings. The quantitative estimate of drug-likeness (QED) is 0.726. The first-order chi connectivity index (χ1) is 11.8. The Bertz CT molecular complexity index is 856. The second kappa shape index (κ2) is 6.95. The molecule has 0 bridgehead atoms. The molecule has 4 nitrogen and oxygen atoms in total. The fourth-order valence-corrected chi connectivity index (χ4v) is 4.29. The fourth-order valence-electron chi connectivity index (χ4n) is 3.27. The Morgan fingerprint density at radius 2 is 2.12 bits per heavy atom. The molecular weight excluding hydrogens is 316 g/mol. The second-order valence-corrected chi connectivity index (χ2v) is 7.33. The topological polar surface area (TPSA) is 42.7 Å². The smallest absolute Gasteiger partial charge is 0.0705 e. The molecule has 0 aliphatic carbocycles. The molecule has 4 rings (SSSR count). The summed E-state index contributed by atoms with van der Waals surface area (Å²) in [6.45, 7) is 1.81. The lowest BCUT2D eigenvalue weighted by atomic mass is 10.1. The summed E-state index contributed by atoms with van der Waals surface area (Å²) in [5.74, 6) is 2.30. The van der Waals surface area contributed by atoms with Crippen LogP contribution in [0.1, 0.15) is 22.6 Å². The van der Waals surface area contributed by atoms with Gasteiger partial charge in [-0.15, -0.1) is 0 Å². The van der Waals surface area contributed by atoms with Gasteiger partial charge in [-0.05, 0) is 17.9 Å². The van der Waals surface area contributed by atoms with Gasteiger partial charge in [0.25, 0.3) is 0 Å². The van der Waals surface area contributed by atoms with Gasteiger partial charge in [0, 0.05) is 55.4 Å². The molecule has 1 aliphatic rings. The van der Waals surface area contributed by atoms with Gasteiger partial charge in [-0.2, -0.15) is 16.9 Å². The largest absolute Gasteiger partial charge is 0.311 e. The van der Waals surface area contributed by atoms with Crippen LogP contribution in [0.4, 0.5) is 0 Å². The van der Waals surface area contributed by atoms with Gasteiger partial charge in [0.1, 0.15) is 0 Å². The lowest BCUT2D eigenvalue weighted by molar-refractivity contribution is 0.619. The molecule has 0 atom stereocenters. The zero-order valence-electron chi connectivity index (χ0n) is 14.0. The van der Waals surface area contributed by atoms with Gasteiger partial charge in [-0.3, -0.25) is 9.67 Å². The predicted molar refractivity (Wildman–Crippen MR) is 100 cm³/mol. The van der Waals surface area contributed by atoms with Crippen molar-refractivity contribution in [3.8, 4) is 0 Å². The van der Waals surface area contributed by atoms with E-state index in [1.165, 1.54) is 28.1 Å². The number of para-hydroxylation sites is 1. The zero-order chi connectivity index (χ0) is 16.4. The van der Waals surface area contributed by atoms with Crippen molar-refractivity contribution in [3.05, 3.63) is 59.0 Å². The monoisotopic (exact) mass is 338 g/mol. The van der Waals surface area contributed by atoms with Crippen LogP contribution in [0.2, 0.25) is 0 Å². The van der Waals surface area contributed by atoms with Crippen molar-refractivity contribution >= 4 is 22.7 Å². The highest BCUT2D eigenvalue weighted by molar-refractivity contribution is 7.98. The molecule has 0 amide bonds. The van der Waals surface area contributed by atoms with Gasteiger partial charge in [-0.25, -0.2) is 0 Å². The van der Waals surface area contributed by atoms with E-state index in [0.29, 0.717) is 0 Å². The third-order valence-electron chi connectivity index (χ3n) is 4.59. The average Bonchev–Trinajstić information content (AvgIpc) is 2.94. The Morgan fingerprint density at radius 3 is 3.08 bits per heavy atom. The Kier molecular flexibility index (Phi) is 4.54.